The summed E-state index contributed by atoms with van der Waals surface area (Å²) < 4.78 is 6.56. The molecule has 1 saturated carbocycles. The predicted molar refractivity (Wildman–Crippen MR) is 88.7 cm³/mol. The Hall–Kier alpha value is -1.40. The van der Waals surface area contributed by atoms with Gasteiger partial charge in [0.2, 0.25) is 0 Å². The number of hydrogen-bond acceptors (Lipinski definition) is 3. The number of carboxylic acids is 1. The molecule has 0 bridgehead atoms. The van der Waals surface area contributed by atoms with Gasteiger partial charge in [0.25, 0.3) is 5.91 Å². The van der Waals surface area contributed by atoms with E-state index in [-0.39, 0.29) is 23.1 Å². The molecule has 124 valence electrons. The van der Waals surface area contributed by atoms with Crippen LogP contribution in [0.25, 0.3) is 0 Å². The summed E-state index contributed by atoms with van der Waals surface area (Å²) in [7, 11) is 0. The van der Waals surface area contributed by atoms with Gasteiger partial charge in [0, 0.05) is 22.7 Å². The highest BCUT2D eigenvalue weighted by Crippen LogP contribution is 2.40. The van der Waals surface area contributed by atoms with Crippen LogP contribution in [0.15, 0.2) is 22.7 Å². The molecule has 1 aliphatic carbocycles. The van der Waals surface area contributed by atoms with Crippen LogP contribution in [0, 0.1) is 0 Å². The standard InChI is InChI=1S/C17H20BrNO4/c18-13-8-11(7-12(9-13)16(21)22)15(20)19-14-3-6-23-17(10-14)4-1-2-5-17/h7-9,14H,1-6,10H2,(H,19,20)(H,21,22). The third-order valence-electron chi connectivity index (χ3n) is 4.75. The minimum Gasteiger partial charge on any atom is -0.478 e. The summed E-state index contributed by atoms with van der Waals surface area (Å²) in [6, 6.07) is 4.63. The molecular weight excluding hydrogens is 362 g/mol. The van der Waals surface area contributed by atoms with Crippen LogP contribution in [0.5, 0.6) is 0 Å². The molecule has 1 spiro atoms. The summed E-state index contributed by atoms with van der Waals surface area (Å²) in [5.74, 6) is -1.27. The average Bonchev–Trinajstić information content (AvgIpc) is 2.94. The van der Waals surface area contributed by atoms with Gasteiger partial charge in [-0.25, -0.2) is 4.79 Å². The second kappa shape index (κ2) is 6.61. The number of carbonyl (C=O) groups excluding carboxylic acids is 1. The van der Waals surface area contributed by atoms with Crippen LogP contribution < -0.4 is 5.32 Å². The number of nitrogens with one attached hydrogen (secondary N) is 1. The molecule has 2 fully saturated rings. The Morgan fingerprint density at radius 3 is 2.61 bits per heavy atom. The molecule has 1 aliphatic heterocycles. The first-order chi connectivity index (χ1) is 11.0. The summed E-state index contributed by atoms with van der Waals surface area (Å²) in [6.07, 6.45) is 6.16. The van der Waals surface area contributed by atoms with Gasteiger partial charge in [0.1, 0.15) is 0 Å². The minimum atomic E-state index is -1.05. The van der Waals surface area contributed by atoms with E-state index in [1.165, 1.54) is 25.0 Å². The summed E-state index contributed by atoms with van der Waals surface area (Å²) in [5, 5.41) is 12.2. The van der Waals surface area contributed by atoms with Crippen molar-refractivity contribution in [2.24, 2.45) is 0 Å². The van der Waals surface area contributed by atoms with Gasteiger partial charge in [-0.2, -0.15) is 0 Å². The zero-order valence-corrected chi connectivity index (χ0v) is 14.4. The molecule has 1 saturated heterocycles. The van der Waals surface area contributed by atoms with E-state index in [4.69, 9.17) is 9.84 Å². The lowest BCUT2D eigenvalue weighted by Gasteiger charge is -2.38. The number of rotatable bonds is 3. The van der Waals surface area contributed by atoms with Crippen LogP contribution in [-0.4, -0.2) is 35.2 Å². The largest absolute Gasteiger partial charge is 0.478 e. The Labute approximate surface area is 143 Å². The highest BCUT2D eigenvalue weighted by atomic mass is 79.9. The zero-order chi connectivity index (χ0) is 16.4. The number of amides is 1. The fourth-order valence-electron chi connectivity index (χ4n) is 3.63. The summed E-state index contributed by atoms with van der Waals surface area (Å²) in [4.78, 5) is 23.6. The van der Waals surface area contributed by atoms with Crippen LogP contribution in [0.4, 0.5) is 0 Å². The minimum absolute atomic E-state index is 0.0559. The van der Waals surface area contributed by atoms with E-state index in [1.54, 1.807) is 6.07 Å². The van der Waals surface area contributed by atoms with Gasteiger partial charge in [-0.3, -0.25) is 4.79 Å². The van der Waals surface area contributed by atoms with E-state index in [2.05, 4.69) is 21.2 Å². The van der Waals surface area contributed by atoms with E-state index in [1.807, 2.05) is 0 Å². The Balaban J connectivity index is 1.70. The van der Waals surface area contributed by atoms with Crippen molar-refractivity contribution in [3.8, 4) is 0 Å². The Morgan fingerprint density at radius 1 is 1.22 bits per heavy atom. The van der Waals surface area contributed by atoms with E-state index < -0.39 is 5.97 Å². The lowest BCUT2D eigenvalue weighted by Crippen LogP contribution is -2.47. The van der Waals surface area contributed by atoms with Crippen molar-refractivity contribution in [2.45, 2.75) is 50.2 Å². The summed E-state index contributed by atoms with van der Waals surface area (Å²) in [5.41, 5.74) is 0.409. The molecule has 1 unspecified atom stereocenters. The number of benzene rings is 1. The quantitative estimate of drug-likeness (QED) is 0.841. The van der Waals surface area contributed by atoms with Gasteiger partial charge in [-0.15, -0.1) is 0 Å². The van der Waals surface area contributed by atoms with Gasteiger partial charge in [-0.1, -0.05) is 28.8 Å². The maximum atomic E-state index is 12.5. The Morgan fingerprint density at radius 2 is 1.91 bits per heavy atom. The number of hydrogen-bond donors (Lipinski definition) is 2. The number of ether oxygens (including phenoxy) is 1. The average molecular weight is 382 g/mol. The summed E-state index contributed by atoms with van der Waals surface area (Å²) >= 11 is 3.26. The van der Waals surface area contributed by atoms with Crippen LogP contribution in [-0.2, 0) is 4.74 Å². The van der Waals surface area contributed by atoms with E-state index in [0.29, 0.717) is 16.6 Å². The molecule has 2 aliphatic rings. The maximum Gasteiger partial charge on any atom is 0.335 e. The second-order valence-corrected chi connectivity index (χ2v) is 7.35. The highest BCUT2D eigenvalue weighted by molar-refractivity contribution is 9.10. The fourth-order valence-corrected chi connectivity index (χ4v) is 4.12. The molecule has 0 aromatic heterocycles. The van der Waals surface area contributed by atoms with Crippen LogP contribution >= 0.6 is 15.9 Å². The van der Waals surface area contributed by atoms with Crippen LogP contribution in [0.1, 0.15) is 59.2 Å². The van der Waals surface area contributed by atoms with Gasteiger partial charge < -0.3 is 15.2 Å². The van der Waals surface area contributed by atoms with E-state index in [0.717, 1.165) is 25.7 Å². The molecule has 1 aromatic carbocycles. The van der Waals surface area contributed by atoms with Crippen molar-refractivity contribution < 1.29 is 19.4 Å². The lowest BCUT2D eigenvalue weighted by molar-refractivity contribution is -0.0823. The normalized spacial score (nSPS) is 22.9. The molecule has 2 N–H and O–H groups in total. The molecule has 3 rings (SSSR count). The van der Waals surface area contributed by atoms with Gasteiger partial charge >= 0.3 is 5.97 Å². The third kappa shape index (κ3) is 3.75. The SMILES string of the molecule is O=C(O)c1cc(Br)cc(C(=O)NC2CCOC3(CCCC3)C2)c1. The molecule has 6 heteroatoms. The zero-order valence-electron chi connectivity index (χ0n) is 12.8. The first-order valence-electron chi connectivity index (χ1n) is 7.96. The van der Waals surface area contributed by atoms with Gasteiger partial charge in [-0.05, 0) is 43.9 Å². The van der Waals surface area contributed by atoms with Crippen LogP contribution in [0.3, 0.4) is 0 Å². The number of carboxylic acid groups (broad SMARTS) is 1. The molecule has 1 heterocycles. The monoisotopic (exact) mass is 381 g/mol. The van der Waals surface area contributed by atoms with Crippen molar-refractivity contribution in [3.05, 3.63) is 33.8 Å². The van der Waals surface area contributed by atoms with Crippen molar-refractivity contribution in [2.75, 3.05) is 6.61 Å². The smallest absolute Gasteiger partial charge is 0.335 e. The number of carbonyl (C=O) groups is 2. The predicted octanol–water partition coefficient (Wildman–Crippen LogP) is 3.37. The maximum absolute atomic E-state index is 12.5. The number of halogens is 1. The third-order valence-corrected chi connectivity index (χ3v) is 5.21. The Kier molecular flexibility index (Phi) is 4.73. The molecule has 5 nitrogen and oxygen atoms in total. The first-order valence-corrected chi connectivity index (χ1v) is 8.75. The number of aromatic carboxylic acids is 1. The van der Waals surface area contributed by atoms with Crippen LogP contribution in [0.2, 0.25) is 0 Å². The molecular formula is C17H20BrNO4. The highest BCUT2D eigenvalue weighted by Gasteiger charge is 2.40. The van der Waals surface area contributed by atoms with Crippen molar-refractivity contribution in [1.82, 2.24) is 5.32 Å². The van der Waals surface area contributed by atoms with E-state index >= 15 is 0 Å². The van der Waals surface area contributed by atoms with Gasteiger partial charge in [0.15, 0.2) is 0 Å². The second-order valence-electron chi connectivity index (χ2n) is 6.44. The summed E-state index contributed by atoms with van der Waals surface area (Å²) in [6.45, 7) is 0.670. The molecule has 1 amide bonds. The van der Waals surface area contributed by atoms with Crippen molar-refractivity contribution >= 4 is 27.8 Å². The lowest BCUT2D eigenvalue weighted by atomic mass is 9.89. The topological polar surface area (TPSA) is 75.6 Å². The molecule has 23 heavy (non-hydrogen) atoms. The Bertz CT molecular complexity index is 625. The first kappa shape index (κ1) is 16.5. The van der Waals surface area contributed by atoms with E-state index in [9.17, 15) is 9.59 Å². The molecule has 1 aromatic rings. The fraction of sp³-hybridized carbons (Fsp3) is 0.529. The van der Waals surface area contributed by atoms with Crippen molar-refractivity contribution in [3.63, 3.8) is 0 Å². The van der Waals surface area contributed by atoms with Crippen molar-refractivity contribution in [1.29, 1.82) is 0 Å². The molecule has 1 atom stereocenters. The molecule has 0 radical (unpaired) electrons. The van der Waals surface area contributed by atoms with Gasteiger partial charge in [0.05, 0.1) is 11.2 Å².